The summed E-state index contributed by atoms with van der Waals surface area (Å²) < 4.78 is 0. The zero-order valence-corrected chi connectivity index (χ0v) is 11.1. The highest BCUT2D eigenvalue weighted by Gasteiger charge is 2.18. The van der Waals surface area contributed by atoms with Gasteiger partial charge in [-0.05, 0) is 31.4 Å². The van der Waals surface area contributed by atoms with Crippen molar-refractivity contribution >= 4 is 11.8 Å². The molecule has 3 N–H and O–H groups in total. The van der Waals surface area contributed by atoms with Crippen molar-refractivity contribution in [2.75, 3.05) is 19.6 Å². The van der Waals surface area contributed by atoms with Crippen LogP contribution in [-0.4, -0.2) is 46.6 Å². The molecule has 1 aromatic rings. The predicted molar refractivity (Wildman–Crippen MR) is 72.5 cm³/mol. The van der Waals surface area contributed by atoms with E-state index in [1.54, 1.807) is 4.90 Å². The van der Waals surface area contributed by atoms with E-state index in [1.807, 2.05) is 0 Å². The summed E-state index contributed by atoms with van der Waals surface area (Å²) >= 11 is 0. The summed E-state index contributed by atoms with van der Waals surface area (Å²) in [6.45, 7) is 1.39. The smallest absolute Gasteiger partial charge is 0.255 e. The molecule has 2 rings (SSSR count). The summed E-state index contributed by atoms with van der Waals surface area (Å²) in [6.07, 6.45) is 3.13. The first-order valence-electron chi connectivity index (χ1n) is 6.66. The third-order valence-corrected chi connectivity index (χ3v) is 3.33. The number of phenols is 2. The number of hydrogen-bond donors (Lipinski definition) is 3. The highest BCUT2D eigenvalue weighted by Crippen LogP contribution is 2.22. The average Bonchev–Trinajstić information content (AvgIpc) is 2.45. The Bertz CT molecular complexity index is 510. The zero-order chi connectivity index (χ0) is 14.5. The summed E-state index contributed by atoms with van der Waals surface area (Å²) in [6, 6.07) is 3.70. The number of nitrogens with one attached hydrogen (secondary N) is 1. The molecular weight excluding hydrogens is 260 g/mol. The molecule has 20 heavy (non-hydrogen) atoms. The van der Waals surface area contributed by atoms with Crippen molar-refractivity contribution in [2.24, 2.45) is 0 Å². The van der Waals surface area contributed by atoms with E-state index in [9.17, 15) is 14.7 Å². The minimum Gasteiger partial charge on any atom is -0.508 e. The van der Waals surface area contributed by atoms with Gasteiger partial charge in [0.2, 0.25) is 5.91 Å². The van der Waals surface area contributed by atoms with Crippen molar-refractivity contribution in [1.29, 1.82) is 0 Å². The number of carbonyl (C=O) groups is 2. The lowest BCUT2D eigenvalue weighted by Crippen LogP contribution is -2.42. The Balaban J connectivity index is 1.89. The molecule has 1 saturated heterocycles. The van der Waals surface area contributed by atoms with Gasteiger partial charge in [0.05, 0.1) is 12.1 Å². The normalized spacial score (nSPS) is 14.9. The molecule has 0 bridgehead atoms. The van der Waals surface area contributed by atoms with Crippen LogP contribution >= 0.6 is 0 Å². The SMILES string of the molecule is O=C(NCC(=O)N1CCCCC1)c1ccc(O)cc1O. The molecule has 0 unspecified atom stereocenters. The van der Waals surface area contributed by atoms with Crippen LogP contribution in [0, 0.1) is 0 Å². The molecule has 1 fully saturated rings. The monoisotopic (exact) mass is 278 g/mol. The summed E-state index contributed by atoms with van der Waals surface area (Å²) in [5.74, 6) is -1.08. The zero-order valence-electron chi connectivity index (χ0n) is 11.1. The number of hydrogen-bond acceptors (Lipinski definition) is 4. The van der Waals surface area contributed by atoms with Crippen LogP contribution in [0.15, 0.2) is 18.2 Å². The fourth-order valence-corrected chi connectivity index (χ4v) is 2.22. The summed E-state index contributed by atoms with van der Waals surface area (Å²) in [4.78, 5) is 25.5. The van der Waals surface area contributed by atoms with Gasteiger partial charge in [-0.1, -0.05) is 0 Å². The Labute approximate surface area is 117 Å². The van der Waals surface area contributed by atoms with Crippen LogP contribution in [0.5, 0.6) is 11.5 Å². The van der Waals surface area contributed by atoms with Gasteiger partial charge in [0, 0.05) is 19.2 Å². The van der Waals surface area contributed by atoms with E-state index in [4.69, 9.17) is 5.11 Å². The van der Waals surface area contributed by atoms with Crippen molar-refractivity contribution in [3.8, 4) is 11.5 Å². The molecule has 0 saturated carbocycles. The lowest BCUT2D eigenvalue weighted by molar-refractivity contribution is -0.130. The van der Waals surface area contributed by atoms with Gasteiger partial charge in [0.15, 0.2) is 0 Å². The fraction of sp³-hybridized carbons (Fsp3) is 0.429. The van der Waals surface area contributed by atoms with Crippen LogP contribution < -0.4 is 5.32 Å². The van der Waals surface area contributed by atoms with E-state index in [0.29, 0.717) is 0 Å². The fourth-order valence-electron chi connectivity index (χ4n) is 2.22. The minimum atomic E-state index is -0.534. The number of aromatic hydroxyl groups is 2. The van der Waals surface area contributed by atoms with E-state index in [-0.39, 0.29) is 29.5 Å². The van der Waals surface area contributed by atoms with E-state index < -0.39 is 5.91 Å². The van der Waals surface area contributed by atoms with E-state index >= 15 is 0 Å². The third-order valence-electron chi connectivity index (χ3n) is 3.33. The first kappa shape index (κ1) is 14.2. The number of rotatable bonds is 3. The molecule has 0 aliphatic carbocycles. The van der Waals surface area contributed by atoms with Crippen LogP contribution in [0.1, 0.15) is 29.6 Å². The largest absolute Gasteiger partial charge is 0.508 e. The Morgan fingerprint density at radius 1 is 1.15 bits per heavy atom. The van der Waals surface area contributed by atoms with Crippen molar-refractivity contribution in [3.63, 3.8) is 0 Å². The van der Waals surface area contributed by atoms with Gasteiger partial charge in [0.25, 0.3) is 5.91 Å². The number of carbonyl (C=O) groups excluding carboxylic acids is 2. The molecule has 0 spiro atoms. The van der Waals surface area contributed by atoms with Crippen LogP contribution in [0.25, 0.3) is 0 Å². The van der Waals surface area contributed by atoms with Crippen LogP contribution in [-0.2, 0) is 4.79 Å². The Morgan fingerprint density at radius 3 is 2.50 bits per heavy atom. The highest BCUT2D eigenvalue weighted by molar-refractivity contribution is 5.98. The first-order chi connectivity index (χ1) is 9.58. The molecule has 1 aromatic carbocycles. The van der Waals surface area contributed by atoms with Crippen molar-refractivity contribution < 1.29 is 19.8 Å². The maximum absolute atomic E-state index is 11.9. The maximum Gasteiger partial charge on any atom is 0.255 e. The number of nitrogens with zero attached hydrogens (tertiary/aromatic N) is 1. The summed E-state index contributed by atoms with van der Waals surface area (Å²) in [5.41, 5.74) is 0.0363. The molecule has 1 heterocycles. The second-order valence-electron chi connectivity index (χ2n) is 4.83. The molecule has 2 amide bonds. The average molecular weight is 278 g/mol. The molecule has 6 heteroatoms. The molecule has 1 aliphatic rings. The Morgan fingerprint density at radius 2 is 1.85 bits per heavy atom. The predicted octanol–water partition coefficient (Wildman–Crippen LogP) is 0.840. The van der Waals surface area contributed by atoms with Gasteiger partial charge in [-0.3, -0.25) is 9.59 Å². The summed E-state index contributed by atoms with van der Waals surface area (Å²) in [7, 11) is 0. The highest BCUT2D eigenvalue weighted by atomic mass is 16.3. The van der Waals surface area contributed by atoms with E-state index in [0.717, 1.165) is 38.4 Å². The number of phenolic OH excluding ortho intramolecular Hbond substituents is 2. The molecular formula is C14H18N2O4. The number of benzene rings is 1. The Hall–Kier alpha value is -2.24. The summed E-state index contributed by atoms with van der Waals surface area (Å²) in [5, 5.41) is 21.2. The number of amides is 2. The van der Waals surface area contributed by atoms with E-state index in [2.05, 4.69) is 5.32 Å². The molecule has 108 valence electrons. The van der Waals surface area contributed by atoms with Gasteiger partial charge in [-0.15, -0.1) is 0 Å². The minimum absolute atomic E-state index is 0.0363. The van der Waals surface area contributed by atoms with Gasteiger partial charge in [-0.2, -0.15) is 0 Å². The second kappa shape index (κ2) is 6.27. The van der Waals surface area contributed by atoms with Gasteiger partial charge in [-0.25, -0.2) is 0 Å². The van der Waals surface area contributed by atoms with Crippen LogP contribution in [0.3, 0.4) is 0 Å². The van der Waals surface area contributed by atoms with Gasteiger partial charge in [0.1, 0.15) is 11.5 Å². The molecule has 6 nitrogen and oxygen atoms in total. The number of piperidine rings is 1. The lowest BCUT2D eigenvalue weighted by atomic mass is 10.1. The van der Waals surface area contributed by atoms with Gasteiger partial charge >= 0.3 is 0 Å². The molecule has 1 aliphatic heterocycles. The van der Waals surface area contributed by atoms with Crippen molar-refractivity contribution in [3.05, 3.63) is 23.8 Å². The van der Waals surface area contributed by atoms with Gasteiger partial charge < -0.3 is 20.4 Å². The third kappa shape index (κ3) is 3.40. The van der Waals surface area contributed by atoms with E-state index in [1.165, 1.54) is 12.1 Å². The lowest BCUT2D eigenvalue weighted by Gasteiger charge is -2.26. The molecule has 0 radical (unpaired) electrons. The van der Waals surface area contributed by atoms with Crippen molar-refractivity contribution in [1.82, 2.24) is 10.2 Å². The standard InChI is InChI=1S/C14H18N2O4/c17-10-4-5-11(12(18)8-10)14(20)15-9-13(19)16-6-2-1-3-7-16/h4-5,8,17-18H,1-3,6-7,9H2,(H,15,20). The topological polar surface area (TPSA) is 89.9 Å². The molecule has 0 aromatic heterocycles. The second-order valence-corrected chi connectivity index (χ2v) is 4.83. The maximum atomic E-state index is 11.9. The Kier molecular flexibility index (Phi) is 4.45. The van der Waals surface area contributed by atoms with Crippen LogP contribution in [0.2, 0.25) is 0 Å². The van der Waals surface area contributed by atoms with Crippen LogP contribution in [0.4, 0.5) is 0 Å². The van der Waals surface area contributed by atoms with Crippen molar-refractivity contribution in [2.45, 2.75) is 19.3 Å². The molecule has 0 atom stereocenters. The first-order valence-corrected chi connectivity index (χ1v) is 6.66. The quantitative estimate of drug-likeness (QED) is 0.764. The number of likely N-dealkylation sites (tertiary alicyclic amines) is 1.